The van der Waals surface area contributed by atoms with E-state index in [-0.39, 0.29) is 5.91 Å². The first-order valence-corrected chi connectivity index (χ1v) is 5.70. The molecule has 1 amide bonds. The van der Waals surface area contributed by atoms with Crippen molar-refractivity contribution in [2.75, 3.05) is 25.5 Å². The van der Waals surface area contributed by atoms with E-state index >= 15 is 0 Å². The molecule has 0 fully saturated rings. The zero-order valence-electron chi connectivity index (χ0n) is 9.10. The zero-order valence-corrected chi connectivity index (χ0v) is 9.91. The van der Waals surface area contributed by atoms with Crippen LogP contribution in [-0.4, -0.2) is 36.5 Å². The van der Waals surface area contributed by atoms with E-state index in [4.69, 9.17) is 0 Å². The lowest BCUT2D eigenvalue weighted by Crippen LogP contribution is -2.33. The van der Waals surface area contributed by atoms with Crippen LogP contribution in [0.15, 0.2) is 17.8 Å². The molecule has 0 aliphatic heterocycles. The summed E-state index contributed by atoms with van der Waals surface area (Å²) < 4.78 is 0. The molecule has 6 heteroatoms. The number of rotatable bonds is 3. The van der Waals surface area contributed by atoms with Gasteiger partial charge in [-0.15, -0.1) is 11.3 Å². The third kappa shape index (κ3) is 1.96. The quantitative estimate of drug-likeness (QED) is 0.859. The van der Waals surface area contributed by atoms with Gasteiger partial charge in [0.05, 0.1) is 11.9 Å². The van der Waals surface area contributed by atoms with Gasteiger partial charge in [0, 0.05) is 14.1 Å². The smallest absolute Gasteiger partial charge is 0.239 e. The van der Waals surface area contributed by atoms with E-state index in [0.717, 1.165) is 16.0 Å². The zero-order chi connectivity index (χ0) is 11.5. The van der Waals surface area contributed by atoms with Gasteiger partial charge in [0.25, 0.3) is 0 Å². The number of amides is 1. The average molecular weight is 236 g/mol. The van der Waals surface area contributed by atoms with Crippen LogP contribution in [0.4, 0.5) is 5.82 Å². The number of hydrogen-bond acceptors (Lipinski definition) is 5. The van der Waals surface area contributed by atoms with Gasteiger partial charge in [0.1, 0.15) is 17.0 Å². The van der Waals surface area contributed by atoms with Crippen molar-refractivity contribution in [3.63, 3.8) is 0 Å². The Balaban J connectivity index is 2.32. The Hall–Kier alpha value is -1.69. The Bertz CT molecular complexity index is 510. The standard InChI is InChI=1S/C10H12N4OS/c1-11-8(15)5-14(2)9-7-3-4-16-10(7)13-6-12-9/h3-4,6H,5H2,1-2H3,(H,11,15). The first-order chi connectivity index (χ1) is 7.72. The Morgan fingerprint density at radius 2 is 2.38 bits per heavy atom. The normalized spacial score (nSPS) is 10.4. The summed E-state index contributed by atoms with van der Waals surface area (Å²) in [4.78, 5) is 22.4. The summed E-state index contributed by atoms with van der Waals surface area (Å²) in [6, 6.07) is 1.97. The van der Waals surface area contributed by atoms with Gasteiger partial charge < -0.3 is 10.2 Å². The maximum Gasteiger partial charge on any atom is 0.239 e. The van der Waals surface area contributed by atoms with Crippen molar-refractivity contribution < 1.29 is 4.79 Å². The molecule has 16 heavy (non-hydrogen) atoms. The molecule has 1 N–H and O–H groups in total. The van der Waals surface area contributed by atoms with Crippen LogP contribution in [0.25, 0.3) is 10.2 Å². The summed E-state index contributed by atoms with van der Waals surface area (Å²) in [5, 5.41) is 5.54. The number of carbonyl (C=O) groups is 1. The summed E-state index contributed by atoms with van der Waals surface area (Å²) in [5.74, 6) is 0.749. The second-order valence-electron chi connectivity index (χ2n) is 3.37. The molecule has 0 spiro atoms. The Kier molecular flexibility index (Phi) is 3.00. The molecule has 2 heterocycles. The monoisotopic (exact) mass is 236 g/mol. The van der Waals surface area contributed by atoms with Crippen molar-refractivity contribution >= 4 is 33.3 Å². The number of aromatic nitrogens is 2. The molecule has 0 bridgehead atoms. The van der Waals surface area contributed by atoms with Gasteiger partial charge in [0.15, 0.2) is 0 Å². The van der Waals surface area contributed by atoms with Crippen molar-refractivity contribution in [3.05, 3.63) is 17.8 Å². The van der Waals surface area contributed by atoms with E-state index in [1.165, 1.54) is 6.33 Å². The van der Waals surface area contributed by atoms with Gasteiger partial charge in [0.2, 0.25) is 5.91 Å². The molecule has 0 aliphatic carbocycles. The molecular formula is C10H12N4OS. The fraction of sp³-hybridized carbons (Fsp3) is 0.300. The molecule has 2 aromatic rings. The number of nitrogens with one attached hydrogen (secondary N) is 1. The van der Waals surface area contributed by atoms with E-state index in [1.54, 1.807) is 18.4 Å². The number of thiophene rings is 1. The fourth-order valence-electron chi connectivity index (χ4n) is 1.45. The highest BCUT2D eigenvalue weighted by Gasteiger charge is 2.11. The van der Waals surface area contributed by atoms with Gasteiger partial charge in [-0.1, -0.05) is 0 Å². The van der Waals surface area contributed by atoms with Crippen molar-refractivity contribution in [3.8, 4) is 0 Å². The number of anilines is 1. The summed E-state index contributed by atoms with van der Waals surface area (Å²) in [6.07, 6.45) is 1.52. The Morgan fingerprint density at radius 1 is 1.56 bits per heavy atom. The van der Waals surface area contributed by atoms with E-state index in [9.17, 15) is 4.79 Å². The SMILES string of the molecule is CNC(=O)CN(C)c1ncnc2sccc12. The van der Waals surface area contributed by atoms with Crippen molar-refractivity contribution in [1.29, 1.82) is 0 Å². The minimum atomic E-state index is -0.0375. The van der Waals surface area contributed by atoms with Gasteiger partial charge in [-0.25, -0.2) is 9.97 Å². The van der Waals surface area contributed by atoms with Gasteiger partial charge in [-0.2, -0.15) is 0 Å². The lowest BCUT2D eigenvalue weighted by molar-refractivity contribution is -0.119. The lowest BCUT2D eigenvalue weighted by atomic mass is 10.3. The number of likely N-dealkylation sites (N-methyl/N-ethyl adjacent to an activating group) is 2. The second-order valence-corrected chi connectivity index (χ2v) is 4.26. The lowest BCUT2D eigenvalue weighted by Gasteiger charge is -2.17. The van der Waals surface area contributed by atoms with E-state index in [1.807, 2.05) is 23.4 Å². The number of nitrogens with zero attached hydrogens (tertiary/aromatic N) is 3. The van der Waals surface area contributed by atoms with Crippen molar-refractivity contribution in [2.24, 2.45) is 0 Å². The number of hydrogen-bond donors (Lipinski definition) is 1. The molecule has 0 saturated heterocycles. The third-order valence-electron chi connectivity index (χ3n) is 2.26. The predicted octanol–water partition coefficient (Wildman–Crippen LogP) is 0.873. The molecule has 2 aromatic heterocycles. The first kappa shape index (κ1) is 10.8. The maximum atomic E-state index is 11.3. The minimum absolute atomic E-state index is 0.0375. The molecule has 2 rings (SSSR count). The van der Waals surface area contributed by atoms with E-state index in [2.05, 4.69) is 15.3 Å². The summed E-state index contributed by atoms with van der Waals surface area (Å²) in [6.45, 7) is 0.290. The maximum absolute atomic E-state index is 11.3. The summed E-state index contributed by atoms with van der Waals surface area (Å²) in [5.41, 5.74) is 0. The largest absolute Gasteiger partial charge is 0.358 e. The summed E-state index contributed by atoms with van der Waals surface area (Å²) in [7, 11) is 3.46. The van der Waals surface area contributed by atoms with Crippen LogP contribution in [0, 0.1) is 0 Å². The topological polar surface area (TPSA) is 58.1 Å². The third-order valence-corrected chi connectivity index (χ3v) is 3.08. The van der Waals surface area contributed by atoms with Crippen LogP contribution in [0.5, 0.6) is 0 Å². The highest BCUT2D eigenvalue weighted by Crippen LogP contribution is 2.25. The van der Waals surface area contributed by atoms with Crippen LogP contribution < -0.4 is 10.2 Å². The Labute approximate surface area is 97.1 Å². The van der Waals surface area contributed by atoms with Gasteiger partial charge in [-0.05, 0) is 11.4 Å². The first-order valence-electron chi connectivity index (χ1n) is 4.82. The van der Waals surface area contributed by atoms with Gasteiger partial charge in [-0.3, -0.25) is 4.79 Å². The average Bonchev–Trinajstić information content (AvgIpc) is 2.76. The fourth-order valence-corrected chi connectivity index (χ4v) is 2.18. The Morgan fingerprint density at radius 3 is 3.12 bits per heavy atom. The molecule has 0 aromatic carbocycles. The number of fused-ring (bicyclic) bond motifs is 1. The van der Waals surface area contributed by atoms with Crippen LogP contribution in [0.1, 0.15) is 0 Å². The van der Waals surface area contributed by atoms with Crippen LogP contribution in [-0.2, 0) is 4.79 Å². The highest BCUT2D eigenvalue weighted by molar-refractivity contribution is 7.16. The predicted molar refractivity (Wildman–Crippen MR) is 64.8 cm³/mol. The van der Waals surface area contributed by atoms with E-state index < -0.39 is 0 Å². The van der Waals surface area contributed by atoms with Gasteiger partial charge >= 0.3 is 0 Å². The molecule has 0 radical (unpaired) electrons. The highest BCUT2D eigenvalue weighted by atomic mass is 32.1. The minimum Gasteiger partial charge on any atom is -0.358 e. The molecule has 84 valence electrons. The second kappa shape index (κ2) is 4.44. The molecule has 0 aliphatic rings. The van der Waals surface area contributed by atoms with Crippen LogP contribution in [0.3, 0.4) is 0 Å². The molecule has 0 unspecified atom stereocenters. The molecule has 0 saturated carbocycles. The number of carbonyl (C=O) groups excluding carboxylic acids is 1. The molecule has 0 atom stereocenters. The van der Waals surface area contributed by atoms with Crippen LogP contribution in [0.2, 0.25) is 0 Å². The molecular weight excluding hydrogens is 224 g/mol. The molecule has 5 nitrogen and oxygen atoms in total. The van der Waals surface area contributed by atoms with Crippen LogP contribution >= 0.6 is 11.3 Å². The van der Waals surface area contributed by atoms with Crippen molar-refractivity contribution in [2.45, 2.75) is 0 Å². The van der Waals surface area contributed by atoms with Crippen molar-refractivity contribution in [1.82, 2.24) is 15.3 Å². The summed E-state index contributed by atoms with van der Waals surface area (Å²) >= 11 is 1.57. The van der Waals surface area contributed by atoms with E-state index in [0.29, 0.717) is 6.54 Å².